The van der Waals surface area contributed by atoms with Crippen LogP contribution in [0.15, 0.2) is 24.4 Å². The number of benzene rings is 1. The fourth-order valence-corrected chi connectivity index (χ4v) is 2.16. The van der Waals surface area contributed by atoms with Crippen molar-refractivity contribution < 1.29 is 4.39 Å². The third-order valence-corrected chi connectivity index (χ3v) is 2.91. The van der Waals surface area contributed by atoms with Crippen LogP contribution in [0.25, 0.3) is 10.9 Å². The second-order valence-corrected chi connectivity index (χ2v) is 5.90. The summed E-state index contributed by atoms with van der Waals surface area (Å²) in [4.78, 5) is 0. The molecule has 0 N–H and O–H groups in total. The predicted molar refractivity (Wildman–Crippen MR) is 62.1 cm³/mol. The molecule has 4 heteroatoms. The Morgan fingerprint density at radius 2 is 2.27 bits per heavy atom. The fraction of sp³-hybridized carbons (Fsp3) is 0.273. The van der Waals surface area contributed by atoms with Crippen LogP contribution in [0.5, 0.6) is 0 Å². The summed E-state index contributed by atoms with van der Waals surface area (Å²) in [5, 5.41) is 1.07. The molecule has 2 rings (SSSR count). The molecule has 0 aliphatic heterocycles. The van der Waals surface area contributed by atoms with E-state index in [0.717, 1.165) is 17.4 Å². The topological polar surface area (TPSA) is 4.93 Å². The van der Waals surface area contributed by atoms with E-state index in [1.54, 1.807) is 6.07 Å². The summed E-state index contributed by atoms with van der Waals surface area (Å²) in [6.07, 6.45) is 1.96. The number of hydrogen-bond donors (Lipinski definition) is 0. The summed E-state index contributed by atoms with van der Waals surface area (Å²) >= 11 is 8.36. The van der Waals surface area contributed by atoms with E-state index in [0.29, 0.717) is 4.71 Å². The summed E-state index contributed by atoms with van der Waals surface area (Å²) in [5.74, 6) is -0.359. The monoisotopic (exact) mass is 285 g/mol. The van der Waals surface area contributed by atoms with Gasteiger partial charge in [-0.3, -0.25) is 0 Å². The Bertz CT molecular complexity index is 493. The van der Waals surface area contributed by atoms with Crippen molar-refractivity contribution in [1.82, 2.24) is 4.57 Å². The SMILES string of the molecule is CC([As])Cn1ccc2cc(F)c(Cl)cc21. The summed E-state index contributed by atoms with van der Waals surface area (Å²) in [5.41, 5.74) is 0.985. The van der Waals surface area contributed by atoms with Crippen LogP contribution in [0.4, 0.5) is 4.39 Å². The molecule has 1 aromatic heterocycles. The summed E-state index contributed by atoms with van der Waals surface area (Å²) < 4.78 is 15.8. The van der Waals surface area contributed by atoms with Crippen molar-refractivity contribution in [2.24, 2.45) is 0 Å². The van der Waals surface area contributed by atoms with Gasteiger partial charge in [0.15, 0.2) is 0 Å². The number of rotatable bonds is 2. The van der Waals surface area contributed by atoms with E-state index in [4.69, 9.17) is 11.6 Å². The van der Waals surface area contributed by atoms with Crippen LogP contribution < -0.4 is 0 Å². The van der Waals surface area contributed by atoms with Crippen LogP contribution in [0.2, 0.25) is 9.73 Å². The maximum atomic E-state index is 13.2. The van der Waals surface area contributed by atoms with E-state index in [9.17, 15) is 4.39 Å². The molecular weight excluding hydrogens is 276 g/mol. The normalized spacial score (nSPS) is 13.3. The molecule has 1 nitrogen and oxygen atoms in total. The Balaban J connectivity index is 2.54. The maximum absolute atomic E-state index is 13.2. The van der Waals surface area contributed by atoms with Crippen molar-refractivity contribution in [3.8, 4) is 0 Å². The average Bonchev–Trinajstić information content (AvgIpc) is 2.49. The average molecular weight is 286 g/mol. The van der Waals surface area contributed by atoms with Crippen LogP contribution in [0.1, 0.15) is 6.92 Å². The van der Waals surface area contributed by atoms with E-state index in [-0.39, 0.29) is 10.8 Å². The van der Waals surface area contributed by atoms with Gasteiger partial charge in [-0.15, -0.1) is 0 Å². The van der Waals surface area contributed by atoms with Gasteiger partial charge in [0, 0.05) is 0 Å². The summed E-state index contributed by atoms with van der Waals surface area (Å²) in [7, 11) is 0. The van der Waals surface area contributed by atoms with Gasteiger partial charge in [-0.25, -0.2) is 0 Å². The second-order valence-electron chi connectivity index (χ2n) is 3.64. The Morgan fingerprint density at radius 3 is 2.93 bits per heavy atom. The van der Waals surface area contributed by atoms with Gasteiger partial charge in [-0.2, -0.15) is 0 Å². The molecule has 0 saturated heterocycles. The van der Waals surface area contributed by atoms with Gasteiger partial charge in [0.25, 0.3) is 0 Å². The second kappa shape index (κ2) is 4.19. The molecule has 78 valence electrons. The molecule has 0 aliphatic rings. The van der Waals surface area contributed by atoms with Gasteiger partial charge in [-0.05, 0) is 0 Å². The van der Waals surface area contributed by atoms with E-state index < -0.39 is 0 Å². The van der Waals surface area contributed by atoms with Gasteiger partial charge in [0.05, 0.1) is 0 Å². The number of nitrogens with zero attached hydrogens (tertiary/aromatic N) is 1. The molecule has 0 bridgehead atoms. The Hall–Kier alpha value is -0.462. The Kier molecular flexibility index (Phi) is 3.08. The standard InChI is InChI=1S/C11H10AsClFN/c1-7(12)6-15-3-2-8-4-10(14)9(13)5-11(8)15/h2-5,7H,6H2,1H3. The first kappa shape index (κ1) is 11.0. The molecule has 1 unspecified atom stereocenters. The van der Waals surface area contributed by atoms with E-state index >= 15 is 0 Å². The fourth-order valence-electron chi connectivity index (χ4n) is 1.63. The third kappa shape index (κ3) is 2.21. The molecule has 0 spiro atoms. The van der Waals surface area contributed by atoms with Crippen molar-refractivity contribution in [1.29, 1.82) is 0 Å². The minimum atomic E-state index is -0.359. The third-order valence-electron chi connectivity index (χ3n) is 2.27. The first-order valence-corrected chi connectivity index (χ1v) is 6.16. The number of fused-ring (bicyclic) bond motifs is 1. The molecule has 0 saturated carbocycles. The zero-order chi connectivity index (χ0) is 11.0. The van der Waals surface area contributed by atoms with Gasteiger partial charge < -0.3 is 0 Å². The minimum absolute atomic E-state index is 0.181. The van der Waals surface area contributed by atoms with Crippen molar-refractivity contribution in [2.75, 3.05) is 0 Å². The number of halogens is 2. The molecule has 0 aliphatic carbocycles. The van der Waals surface area contributed by atoms with Crippen LogP contribution in [-0.4, -0.2) is 21.4 Å². The molecule has 2 aromatic rings. The van der Waals surface area contributed by atoms with Crippen molar-refractivity contribution in [3.63, 3.8) is 0 Å². The van der Waals surface area contributed by atoms with E-state index in [1.807, 2.05) is 12.3 Å². The molecule has 15 heavy (non-hydrogen) atoms. The molecule has 2 radical (unpaired) electrons. The number of hydrogen-bond acceptors (Lipinski definition) is 0. The van der Waals surface area contributed by atoms with Gasteiger partial charge >= 0.3 is 102 Å². The Morgan fingerprint density at radius 1 is 1.53 bits per heavy atom. The first-order chi connectivity index (χ1) is 7.08. The molecular formula is C11H10AsClFN. The van der Waals surface area contributed by atoms with Crippen molar-refractivity contribution >= 4 is 39.4 Å². The van der Waals surface area contributed by atoms with Gasteiger partial charge in [0.2, 0.25) is 0 Å². The molecule has 0 amide bonds. The van der Waals surface area contributed by atoms with Gasteiger partial charge in [-0.1, -0.05) is 0 Å². The zero-order valence-corrected chi connectivity index (χ0v) is 10.9. The summed E-state index contributed by atoms with van der Waals surface area (Å²) in [6, 6.07) is 5.06. The molecule has 1 heterocycles. The van der Waals surface area contributed by atoms with E-state index in [1.165, 1.54) is 6.07 Å². The van der Waals surface area contributed by atoms with Crippen LogP contribution in [-0.2, 0) is 6.54 Å². The first-order valence-electron chi connectivity index (χ1n) is 4.70. The van der Waals surface area contributed by atoms with E-state index in [2.05, 4.69) is 28.3 Å². The zero-order valence-electron chi connectivity index (χ0n) is 8.24. The van der Waals surface area contributed by atoms with Crippen molar-refractivity contribution in [2.45, 2.75) is 18.2 Å². The van der Waals surface area contributed by atoms with Crippen LogP contribution in [0, 0.1) is 5.82 Å². The van der Waals surface area contributed by atoms with Crippen molar-refractivity contribution in [3.05, 3.63) is 35.2 Å². The Labute approximate surface area is 102 Å². The molecule has 1 atom stereocenters. The predicted octanol–water partition coefficient (Wildman–Crippen LogP) is 3.41. The summed E-state index contributed by atoms with van der Waals surface area (Å²) in [6.45, 7) is 3.02. The van der Waals surface area contributed by atoms with Crippen LogP contribution in [0.3, 0.4) is 0 Å². The molecule has 0 fully saturated rings. The number of aromatic nitrogens is 1. The van der Waals surface area contributed by atoms with Gasteiger partial charge in [0.1, 0.15) is 0 Å². The molecule has 1 aromatic carbocycles. The van der Waals surface area contributed by atoms with Crippen LogP contribution >= 0.6 is 11.6 Å². The quantitative estimate of drug-likeness (QED) is 0.745.